The molecule has 2 rings (SSSR count). The monoisotopic (exact) mass is 282 g/mol. The second kappa shape index (κ2) is 5.07. The molecule has 1 N–H and O–H groups in total. The maximum absolute atomic E-state index is 12.5. The highest BCUT2D eigenvalue weighted by atomic mass is 19.4. The number of ether oxygens (including phenoxy) is 1. The van der Waals surface area contributed by atoms with Crippen LogP contribution < -0.4 is 4.74 Å². The first-order chi connectivity index (χ1) is 9.32. The molecule has 5 heteroatoms. The summed E-state index contributed by atoms with van der Waals surface area (Å²) in [5.41, 5.74) is 0.954. The summed E-state index contributed by atoms with van der Waals surface area (Å²) >= 11 is 0. The number of hydrogen-bond donors (Lipinski definition) is 1. The Kier molecular flexibility index (Phi) is 3.61. The van der Waals surface area contributed by atoms with E-state index in [2.05, 4.69) is 0 Å². The number of phenols is 1. The van der Waals surface area contributed by atoms with Crippen LogP contribution in [0.4, 0.5) is 13.2 Å². The van der Waals surface area contributed by atoms with Crippen LogP contribution in [0.25, 0.3) is 11.1 Å². The quantitative estimate of drug-likeness (QED) is 0.885. The summed E-state index contributed by atoms with van der Waals surface area (Å²) in [5.74, 6) is 0.201. The Hall–Kier alpha value is -2.17. The highest BCUT2D eigenvalue weighted by Crippen LogP contribution is 2.37. The topological polar surface area (TPSA) is 29.5 Å². The summed E-state index contributed by atoms with van der Waals surface area (Å²) in [5, 5.41) is 9.80. The predicted octanol–water partition coefficient (Wildman–Crippen LogP) is 4.40. The summed E-state index contributed by atoms with van der Waals surface area (Å²) in [7, 11) is 1.51. The van der Waals surface area contributed by atoms with Crippen LogP contribution in [-0.2, 0) is 6.18 Å². The van der Waals surface area contributed by atoms with Gasteiger partial charge in [-0.1, -0.05) is 18.2 Å². The van der Waals surface area contributed by atoms with Crippen molar-refractivity contribution in [2.45, 2.75) is 13.1 Å². The second-order valence-electron chi connectivity index (χ2n) is 4.41. The highest BCUT2D eigenvalue weighted by molar-refractivity contribution is 5.72. The molecular weight excluding hydrogens is 269 g/mol. The molecule has 0 atom stereocenters. The van der Waals surface area contributed by atoms with E-state index in [-0.39, 0.29) is 0 Å². The summed E-state index contributed by atoms with van der Waals surface area (Å²) in [4.78, 5) is 0. The maximum Gasteiger partial charge on any atom is 0.416 e. The van der Waals surface area contributed by atoms with Crippen molar-refractivity contribution in [1.29, 1.82) is 0 Å². The molecule has 0 saturated heterocycles. The molecule has 0 radical (unpaired) electrons. The minimum Gasteiger partial charge on any atom is -0.507 e. The first kappa shape index (κ1) is 14.2. The number of alkyl halides is 3. The fourth-order valence-corrected chi connectivity index (χ4v) is 1.94. The van der Waals surface area contributed by atoms with Crippen LogP contribution in [0.5, 0.6) is 11.5 Å². The predicted molar refractivity (Wildman–Crippen MR) is 69.8 cm³/mol. The lowest BCUT2D eigenvalue weighted by Crippen LogP contribution is -2.04. The van der Waals surface area contributed by atoms with E-state index in [1.807, 2.05) is 6.92 Å². The van der Waals surface area contributed by atoms with Crippen molar-refractivity contribution in [3.63, 3.8) is 0 Å². The molecule has 0 aromatic heterocycles. The normalized spacial score (nSPS) is 11.4. The molecule has 20 heavy (non-hydrogen) atoms. The van der Waals surface area contributed by atoms with Gasteiger partial charge in [0.2, 0.25) is 0 Å². The van der Waals surface area contributed by atoms with Gasteiger partial charge in [0.25, 0.3) is 0 Å². The van der Waals surface area contributed by atoms with E-state index in [9.17, 15) is 18.3 Å². The number of halogens is 3. The average molecular weight is 282 g/mol. The van der Waals surface area contributed by atoms with Crippen molar-refractivity contribution in [3.05, 3.63) is 47.5 Å². The smallest absolute Gasteiger partial charge is 0.416 e. The number of benzene rings is 2. The zero-order valence-corrected chi connectivity index (χ0v) is 11.0. The Bertz CT molecular complexity index is 634. The van der Waals surface area contributed by atoms with Gasteiger partial charge in [-0.3, -0.25) is 0 Å². The zero-order valence-electron chi connectivity index (χ0n) is 11.0. The summed E-state index contributed by atoms with van der Waals surface area (Å²) in [6.45, 7) is 1.86. The number of aromatic hydroxyl groups is 1. The fourth-order valence-electron chi connectivity index (χ4n) is 1.94. The van der Waals surface area contributed by atoms with Crippen molar-refractivity contribution in [1.82, 2.24) is 0 Å². The van der Waals surface area contributed by atoms with E-state index >= 15 is 0 Å². The van der Waals surface area contributed by atoms with E-state index in [0.29, 0.717) is 16.9 Å². The fraction of sp³-hybridized carbons (Fsp3) is 0.200. The van der Waals surface area contributed by atoms with Crippen LogP contribution in [0.2, 0.25) is 0 Å². The molecule has 2 nitrogen and oxygen atoms in total. The molecule has 0 aliphatic heterocycles. The van der Waals surface area contributed by atoms with Gasteiger partial charge in [-0.2, -0.15) is 13.2 Å². The Balaban J connectivity index is 2.49. The maximum atomic E-state index is 12.5. The van der Waals surface area contributed by atoms with E-state index in [0.717, 1.165) is 17.7 Å². The molecular formula is C15H13F3O2. The molecule has 0 bridgehead atoms. The van der Waals surface area contributed by atoms with Gasteiger partial charge in [0.05, 0.1) is 12.7 Å². The van der Waals surface area contributed by atoms with Gasteiger partial charge in [-0.15, -0.1) is 0 Å². The van der Waals surface area contributed by atoms with Crippen molar-refractivity contribution in [2.75, 3.05) is 7.11 Å². The minimum absolute atomic E-state index is 0.330. The molecule has 2 aromatic rings. The third kappa shape index (κ3) is 2.71. The first-order valence-electron chi connectivity index (χ1n) is 5.88. The van der Waals surface area contributed by atoms with Gasteiger partial charge in [0, 0.05) is 5.56 Å². The lowest BCUT2D eigenvalue weighted by atomic mass is 10.0. The van der Waals surface area contributed by atoms with E-state index < -0.39 is 17.5 Å². The zero-order chi connectivity index (χ0) is 14.9. The molecule has 0 amide bonds. The number of rotatable bonds is 2. The number of methoxy groups -OCH3 is 1. The molecule has 0 spiro atoms. The van der Waals surface area contributed by atoms with Crippen LogP contribution in [0.3, 0.4) is 0 Å². The van der Waals surface area contributed by atoms with Crippen LogP contribution in [0.1, 0.15) is 11.1 Å². The van der Waals surface area contributed by atoms with Gasteiger partial charge < -0.3 is 9.84 Å². The Labute approximate surface area is 114 Å². The van der Waals surface area contributed by atoms with Crippen LogP contribution in [0, 0.1) is 6.92 Å². The van der Waals surface area contributed by atoms with Gasteiger partial charge in [-0.25, -0.2) is 0 Å². The molecule has 0 aliphatic carbocycles. The van der Waals surface area contributed by atoms with E-state index in [4.69, 9.17) is 4.74 Å². The van der Waals surface area contributed by atoms with Crippen LogP contribution in [0.15, 0.2) is 36.4 Å². The number of phenolic OH excluding ortho intramolecular Hbond substituents is 1. The van der Waals surface area contributed by atoms with Gasteiger partial charge >= 0.3 is 6.18 Å². The van der Waals surface area contributed by atoms with Crippen LogP contribution in [-0.4, -0.2) is 12.2 Å². The number of hydrogen-bond acceptors (Lipinski definition) is 2. The van der Waals surface area contributed by atoms with Gasteiger partial charge in [0.1, 0.15) is 11.5 Å². The van der Waals surface area contributed by atoms with E-state index in [1.165, 1.54) is 13.2 Å². The average Bonchev–Trinajstić information content (AvgIpc) is 2.38. The lowest BCUT2D eigenvalue weighted by Gasteiger charge is -2.12. The second-order valence-corrected chi connectivity index (χ2v) is 4.41. The van der Waals surface area contributed by atoms with Crippen molar-refractivity contribution < 1.29 is 23.0 Å². The van der Waals surface area contributed by atoms with Crippen LogP contribution >= 0.6 is 0 Å². The summed E-state index contributed by atoms with van der Waals surface area (Å²) < 4.78 is 42.8. The first-order valence-corrected chi connectivity index (χ1v) is 5.88. The van der Waals surface area contributed by atoms with Crippen molar-refractivity contribution in [3.8, 4) is 22.6 Å². The highest BCUT2D eigenvalue weighted by Gasteiger charge is 2.31. The molecule has 106 valence electrons. The lowest BCUT2D eigenvalue weighted by molar-refractivity contribution is -0.137. The third-order valence-corrected chi connectivity index (χ3v) is 3.04. The standard InChI is InChI=1S/C15H13F3O2/c1-9-3-4-10(7-14(9)20-2)12-6-5-11(8-13(12)19)15(16,17)18/h3-8,19H,1-2H3. The Morgan fingerprint density at radius 3 is 2.30 bits per heavy atom. The molecule has 0 fully saturated rings. The molecule has 0 aliphatic rings. The molecule has 0 heterocycles. The molecule has 0 saturated carbocycles. The van der Waals surface area contributed by atoms with E-state index in [1.54, 1.807) is 18.2 Å². The van der Waals surface area contributed by atoms with Crippen molar-refractivity contribution in [2.24, 2.45) is 0 Å². The Morgan fingerprint density at radius 1 is 1.05 bits per heavy atom. The van der Waals surface area contributed by atoms with Gasteiger partial charge in [0.15, 0.2) is 0 Å². The third-order valence-electron chi connectivity index (χ3n) is 3.04. The summed E-state index contributed by atoms with van der Waals surface area (Å²) in [6, 6.07) is 8.11. The minimum atomic E-state index is -4.47. The molecule has 0 unspecified atom stereocenters. The number of aryl methyl sites for hydroxylation is 1. The van der Waals surface area contributed by atoms with Gasteiger partial charge in [-0.05, 0) is 36.2 Å². The van der Waals surface area contributed by atoms with Crippen molar-refractivity contribution >= 4 is 0 Å². The summed E-state index contributed by atoms with van der Waals surface area (Å²) in [6.07, 6.45) is -4.47. The Morgan fingerprint density at radius 2 is 1.75 bits per heavy atom. The SMILES string of the molecule is COc1cc(-c2ccc(C(F)(F)F)cc2O)ccc1C. The molecule has 2 aromatic carbocycles. The largest absolute Gasteiger partial charge is 0.507 e.